The Morgan fingerprint density at radius 3 is 2.79 bits per heavy atom. The molecule has 3 N–H and O–H groups in total. The molecule has 130 valence electrons. The van der Waals surface area contributed by atoms with E-state index in [-0.39, 0.29) is 6.04 Å². The van der Waals surface area contributed by atoms with Gasteiger partial charge in [0.15, 0.2) is 0 Å². The first-order valence-corrected chi connectivity index (χ1v) is 8.11. The number of nitrogens with two attached hydrogens (primary N) is 1. The normalized spacial score (nSPS) is 15.9. The summed E-state index contributed by atoms with van der Waals surface area (Å²) in [6.07, 6.45) is 3.28. The average molecular weight is 336 g/mol. The highest BCUT2D eigenvalue weighted by Crippen LogP contribution is 2.34. The minimum absolute atomic E-state index is 0.177. The Balaban J connectivity index is 2.03. The van der Waals surface area contributed by atoms with Crippen LogP contribution >= 0.6 is 0 Å². The standard InChI is InChI=1S/C17H22F2N4O/c1-24-7-4-21-15-10-22-17(23-5-2-12(20)3-6-23)13-8-11(18)9-14(19)16(13)15/h8-10,12,21H,2-7,20H2,1H3. The second-order valence-electron chi connectivity index (χ2n) is 6.05. The predicted octanol–water partition coefficient (Wildman–Crippen LogP) is 2.50. The van der Waals surface area contributed by atoms with Gasteiger partial charge in [0.05, 0.1) is 18.5 Å². The van der Waals surface area contributed by atoms with Gasteiger partial charge >= 0.3 is 0 Å². The summed E-state index contributed by atoms with van der Waals surface area (Å²) in [6, 6.07) is 2.42. The fraction of sp³-hybridized carbons (Fsp3) is 0.471. The van der Waals surface area contributed by atoms with Gasteiger partial charge in [-0.25, -0.2) is 13.8 Å². The largest absolute Gasteiger partial charge is 0.383 e. The summed E-state index contributed by atoms with van der Waals surface area (Å²) in [5.41, 5.74) is 6.48. The van der Waals surface area contributed by atoms with E-state index in [2.05, 4.69) is 10.3 Å². The first-order valence-electron chi connectivity index (χ1n) is 8.11. The maximum absolute atomic E-state index is 14.4. The molecule has 0 spiro atoms. The number of fused-ring (bicyclic) bond motifs is 1. The average Bonchev–Trinajstić information content (AvgIpc) is 2.55. The highest BCUT2D eigenvalue weighted by molar-refractivity contribution is 6.00. The first-order chi connectivity index (χ1) is 11.6. The van der Waals surface area contributed by atoms with Gasteiger partial charge in [0.2, 0.25) is 0 Å². The predicted molar refractivity (Wildman–Crippen MR) is 91.4 cm³/mol. The Morgan fingerprint density at radius 1 is 1.33 bits per heavy atom. The van der Waals surface area contributed by atoms with E-state index in [1.807, 2.05) is 4.90 Å². The number of pyridine rings is 1. The summed E-state index contributed by atoms with van der Waals surface area (Å²) in [7, 11) is 1.60. The summed E-state index contributed by atoms with van der Waals surface area (Å²) < 4.78 is 33.2. The molecule has 0 saturated carbocycles. The van der Waals surface area contributed by atoms with E-state index in [4.69, 9.17) is 10.5 Å². The molecule has 2 aromatic rings. The summed E-state index contributed by atoms with van der Waals surface area (Å²) in [4.78, 5) is 6.51. The number of ether oxygens (including phenoxy) is 1. The van der Waals surface area contributed by atoms with Crippen LogP contribution in [0.25, 0.3) is 10.8 Å². The number of nitrogens with zero attached hydrogens (tertiary/aromatic N) is 2. The smallest absolute Gasteiger partial charge is 0.136 e. The van der Waals surface area contributed by atoms with Crippen molar-refractivity contribution in [1.82, 2.24) is 4.98 Å². The van der Waals surface area contributed by atoms with Gasteiger partial charge in [0.25, 0.3) is 0 Å². The molecule has 0 amide bonds. The van der Waals surface area contributed by atoms with Crippen molar-refractivity contribution in [2.75, 3.05) is 43.6 Å². The van der Waals surface area contributed by atoms with E-state index in [1.165, 1.54) is 6.07 Å². The molecule has 2 heterocycles. The number of hydrogen-bond donors (Lipinski definition) is 2. The van der Waals surface area contributed by atoms with E-state index in [9.17, 15) is 8.78 Å². The lowest BCUT2D eigenvalue weighted by atomic mass is 10.0. The zero-order chi connectivity index (χ0) is 17.1. The van der Waals surface area contributed by atoms with Crippen molar-refractivity contribution in [1.29, 1.82) is 0 Å². The van der Waals surface area contributed by atoms with Crippen LogP contribution < -0.4 is 16.0 Å². The van der Waals surface area contributed by atoms with Crippen molar-refractivity contribution in [3.8, 4) is 0 Å². The van der Waals surface area contributed by atoms with Crippen molar-refractivity contribution >= 4 is 22.3 Å². The molecule has 0 aliphatic carbocycles. The molecule has 1 saturated heterocycles. The molecule has 5 nitrogen and oxygen atoms in total. The van der Waals surface area contributed by atoms with E-state index in [0.717, 1.165) is 32.0 Å². The van der Waals surface area contributed by atoms with Crippen LogP contribution in [0.15, 0.2) is 18.3 Å². The maximum atomic E-state index is 14.4. The molecule has 0 radical (unpaired) electrons. The summed E-state index contributed by atoms with van der Waals surface area (Å²) in [6.45, 7) is 2.47. The highest BCUT2D eigenvalue weighted by atomic mass is 19.1. The maximum Gasteiger partial charge on any atom is 0.136 e. The lowest BCUT2D eigenvalue weighted by Gasteiger charge is -2.32. The number of hydrogen-bond acceptors (Lipinski definition) is 5. The lowest BCUT2D eigenvalue weighted by Crippen LogP contribution is -2.40. The summed E-state index contributed by atoms with van der Waals surface area (Å²) in [5.74, 6) is -0.597. The number of aromatic nitrogens is 1. The minimum atomic E-state index is -0.606. The summed E-state index contributed by atoms with van der Waals surface area (Å²) >= 11 is 0. The Kier molecular flexibility index (Phi) is 5.11. The molecule has 0 bridgehead atoms. The molecule has 1 aliphatic heterocycles. The van der Waals surface area contributed by atoms with Crippen molar-refractivity contribution in [2.45, 2.75) is 18.9 Å². The van der Waals surface area contributed by atoms with Crippen molar-refractivity contribution in [2.24, 2.45) is 5.73 Å². The molecule has 1 aliphatic rings. The van der Waals surface area contributed by atoms with Gasteiger partial charge in [-0.1, -0.05) is 0 Å². The Hall–Kier alpha value is -1.99. The van der Waals surface area contributed by atoms with Gasteiger partial charge in [0, 0.05) is 49.6 Å². The number of benzene rings is 1. The van der Waals surface area contributed by atoms with Crippen LogP contribution in [0, 0.1) is 11.6 Å². The molecule has 1 fully saturated rings. The number of halogens is 2. The van der Waals surface area contributed by atoms with Crippen LogP contribution in [0.3, 0.4) is 0 Å². The van der Waals surface area contributed by atoms with Gasteiger partial charge in [-0.05, 0) is 18.9 Å². The second-order valence-corrected chi connectivity index (χ2v) is 6.05. The third kappa shape index (κ3) is 3.42. The molecule has 1 aromatic carbocycles. The van der Waals surface area contributed by atoms with Crippen LogP contribution in [-0.4, -0.2) is 44.4 Å². The number of methoxy groups -OCH3 is 1. The third-order valence-corrected chi connectivity index (χ3v) is 4.34. The SMILES string of the molecule is COCCNc1cnc(N2CCC(N)CC2)c2cc(F)cc(F)c12. The van der Waals surface area contributed by atoms with Gasteiger partial charge in [-0.15, -0.1) is 0 Å². The van der Waals surface area contributed by atoms with E-state index in [1.54, 1.807) is 13.3 Å². The molecule has 1 aromatic heterocycles. The van der Waals surface area contributed by atoms with Crippen LogP contribution in [0.4, 0.5) is 20.3 Å². The third-order valence-electron chi connectivity index (χ3n) is 4.34. The fourth-order valence-electron chi connectivity index (χ4n) is 3.07. The fourth-order valence-corrected chi connectivity index (χ4v) is 3.07. The highest BCUT2D eigenvalue weighted by Gasteiger charge is 2.21. The van der Waals surface area contributed by atoms with Crippen molar-refractivity contribution in [3.05, 3.63) is 30.0 Å². The van der Waals surface area contributed by atoms with Gasteiger partial charge in [0.1, 0.15) is 17.5 Å². The first kappa shape index (κ1) is 16.9. The van der Waals surface area contributed by atoms with Gasteiger partial charge in [-0.3, -0.25) is 0 Å². The van der Waals surface area contributed by atoms with Crippen LogP contribution in [0.2, 0.25) is 0 Å². The van der Waals surface area contributed by atoms with Gasteiger partial charge in [-0.2, -0.15) is 0 Å². The number of piperidine rings is 1. The molecule has 0 unspecified atom stereocenters. The van der Waals surface area contributed by atoms with E-state index >= 15 is 0 Å². The van der Waals surface area contributed by atoms with Crippen molar-refractivity contribution in [3.63, 3.8) is 0 Å². The number of nitrogens with one attached hydrogen (secondary N) is 1. The molecular weight excluding hydrogens is 314 g/mol. The van der Waals surface area contributed by atoms with Crippen LogP contribution in [0.5, 0.6) is 0 Å². The second kappa shape index (κ2) is 7.27. The topological polar surface area (TPSA) is 63.4 Å². The Labute approximate surface area is 139 Å². The molecule has 3 rings (SSSR count). The van der Waals surface area contributed by atoms with Crippen LogP contribution in [-0.2, 0) is 4.74 Å². The number of rotatable bonds is 5. The molecule has 7 heteroatoms. The molecule has 0 atom stereocenters. The zero-order valence-electron chi connectivity index (χ0n) is 13.7. The van der Waals surface area contributed by atoms with Gasteiger partial charge < -0.3 is 20.7 Å². The van der Waals surface area contributed by atoms with E-state index in [0.29, 0.717) is 35.4 Å². The van der Waals surface area contributed by atoms with E-state index < -0.39 is 11.6 Å². The Bertz CT molecular complexity index is 717. The minimum Gasteiger partial charge on any atom is -0.383 e. The Morgan fingerprint density at radius 2 is 2.08 bits per heavy atom. The zero-order valence-corrected chi connectivity index (χ0v) is 13.7. The van der Waals surface area contributed by atoms with Crippen molar-refractivity contribution < 1.29 is 13.5 Å². The molecule has 24 heavy (non-hydrogen) atoms. The molecular formula is C17H22F2N4O. The lowest BCUT2D eigenvalue weighted by molar-refractivity contribution is 0.211. The quantitative estimate of drug-likeness (QED) is 0.822. The summed E-state index contributed by atoms with van der Waals surface area (Å²) in [5, 5.41) is 3.93. The monoisotopic (exact) mass is 336 g/mol. The number of anilines is 2. The van der Waals surface area contributed by atoms with Crippen LogP contribution in [0.1, 0.15) is 12.8 Å².